The molecule has 0 radical (unpaired) electrons. The van der Waals surface area contributed by atoms with Crippen LogP contribution in [0.5, 0.6) is 0 Å². The molecule has 2 aromatic heterocycles. The molecule has 1 unspecified atom stereocenters. The molecule has 19 heavy (non-hydrogen) atoms. The normalized spacial score (nSPS) is 15.8. The molecule has 2 N–H and O–H groups in total. The molecular weight excluding hydrogens is 262 g/mol. The second-order valence-corrected chi connectivity index (χ2v) is 5.69. The first kappa shape index (κ1) is 12.3. The molecule has 0 aliphatic heterocycles. The first-order chi connectivity index (χ1) is 9.25. The lowest BCUT2D eigenvalue weighted by Gasteiger charge is -2.14. The van der Waals surface area contributed by atoms with E-state index in [0.717, 1.165) is 18.4 Å². The van der Waals surface area contributed by atoms with E-state index in [1.165, 1.54) is 23.3 Å². The summed E-state index contributed by atoms with van der Waals surface area (Å²) in [6, 6.07) is -0.245. The van der Waals surface area contributed by atoms with Crippen molar-refractivity contribution in [1.82, 2.24) is 25.9 Å². The second kappa shape index (κ2) is 5.08. The van der Waals surface area contributed by atoms with Gasteiger partial charge in [0.05, 0.1) is 11.6 Å². The summed E-state index contributed by atoms with van der Waals surface area (Å²) in [4.78, 5) is 13.7. The molecule has 1 amide bonds. The number of rotatable bonds is 3. The third-order valence-electron chi connectivity index (χ3n) is 3.40. The summed E-state index contributed by atoms with van der Waals surface area (Å²) in [5, 5.41) is 18.5. The number of hydrogen-bond acceptors (Lipinski definition) is 5. The Hall–Kier alpha value is -1.76. The smallest absolute Gasteiger partial charge is 0.252 e. The fraction of sp³-hybridized carbons (Fsp3) is 0.500. The van der Waals surface area contributed by atoms with Gasteiger partial charge in [-0.25, -0.2) is 0 Å². The molecule has 1 aliphatic carbocycles. The lowest BCUT2D eigenvalue weighted by molar-refractivity contribution is 0.0937. The highest BCUT2D eigenvalue weighted by Gasteiger charge is 2.22. The lowest BCUT2D eigenvalue weighted by atomic mass is 9.95. The summed E-state index contributed by atoms with van der Waals surface area (Å²) in [6.07, 6.45) is 4.52. The number of tetrazole rings is 1. The highest BCUT2D eigenvalue weighted by molar-refractivity contribution is 7.10. The maximum Gasteiger partial charge on any atom is 0.252 e. The van der Waals surface area contributed by atoms with Gasteiger partial charge in [-0.05, 0) is 38.2 Å². The van der Waals surface area contributed by atoms with Crippen molar-refractivity contribution in [3.8, 4) is 0 Å². The molecular formula is C12H15N5OS. The van der Waals surface area contributed by atoms with E-state index in [2.05, 4.69) is 25.9 Å². The summed E-state index contributed by atoms with van der Waals surface area (Å²) >= 11 is 1.69. The van der Waals surface area contributed by atoms with Crippen LogP contribution >= 0.6 is 11.3 Å². The molecule has 0 bridgehead atoms. The van der Waals surface area contributed by atoms with E-state index in [4.69, 9.17) is 0 Å². The minimum atomic E-state index is -0.245. The van der Waals surface area contributed by atoms with Gasteiger partial charge in [0.1, 0.15) is 0 Å². The molecule has 100 valence electrons. The van der Waals surface area contributed by atoms with Crippen molar-refractivity contribution in [1.29, 1.82) is 0 Å². The maximum atomic E-state index is 12.3. The molecule has 1 atom stereocenters. The first-order valence-electron chi connectivity index (χ1n) is 6.39. The number of amides is 1. The number of nitrogens with one attached hydrogen (secondary N) is 2. The molecule has 3 rings (SSSR count). The number of thiophene rings is 1. The van der Waals surface area contributed by atoms with Crippen LogP contribution in [0.15, 0.2) is 5.38 Å². The summed E-state index contributed by atoms with van der Waals surface area (Å²) in [5.41, 5.74) is 2.05. The third-order valence-corrected chi connectivity index (χ3v) is 4.49. The Labute approximate surface area is 114 Å². The van der Waals surface area contributed by atoms with E-state index in [1.807, 2.05) is 12.3 Å². The van der Waals surface area contributed by atoms with E-state index >= 15 is 0 Å². The van der Waals surface area contributed by atoms with Crippen LogP contribution in [0.1, 0.15) is 52.4 Å². The quantitative estimate of drug-likeness (QED) is 0.893. The van der Waals surface area contributed by atoms with Crippen molar-refractivity contribution >= 4 is 17.2 Å². The van der Waals surface area contributed by atoms with Gasteiger partial charge in [-0.2, -0.15) is 5.21 Å². The zero-order valence-corrected chi connectivity index (χ0v) is 11.5. The standard InChI is InChI=1S/C12H15N5OS/c1-7(11-14-16-17-15-11)13-12(18)9-6-19-10-5-3-2-4-8(9)10/h6-7H,2-5H2,1H3,(H,13,18)(H,14,15,16,17). The van der Waals surface area contributed by atoms with Crippen molar-refractivity contribution < 1.29 is 4.79 Å². The Morgan fingerprint density at radius 3 is 3.11 bits per heavy atom. The number of hydrogen-bond donors (Lipinski definition) is 2. The Bertz CT molecular complexity index is 577. The van der Waals surface area contributed by atoms with Crippen LogP contribution in [0, 0.1) is 0 Å². The minimum absolute atomic E-state index is 0.0447. The molecule has 0 spiro atoms. The van der Waals surface area contributed by atoms with E-state index in [-0.39, 0.29) is 11.9 Å². The van der Waals surface area contributed by atoms with Gasteiger partial charge in [-0.1, -0.05) is 5.21 Å². The van der Waals surface area contributed by atoms with Gasteiger partial charge in [0.15, 0.2) is 5.82 Å². The Morgan fingerprint density at radius 2 is 2.32 bits per heavy atom. The summed E-state index contributed by atoms with van der Waals surface area (Å²) in [7, 11) is 0. The Morgan fingerprint density at radius 1 is 1.47 bits per heavy atom. The molecule has 1 aliphatic rings. The van der Waals surface area contributed by atoms with E-state index in [1.54, 1.807) is 11.3 Å². The number of H-pyrrole nitrogens is 1. The van der Waals surface area contributed by atoms with Crippen LogP contribution in [0.2, 0.25) is 0 Å². The average Bonchev–Trinajstić information content (AvgIpc) is 3.08. The van der Waals surface area contributed by atoms with Gasteiger partial charge in [0.2, 0.25) is 0 Å². The van der Waals surface area contributed by atoms with Crippen LogP contribution in [-0.2, 0) is 12.8 Å². The van der Waals surface area contributed by atoms with Crippen LogP contribution < -0.4 is 5.32 Å². The van der Waals surface area contributed by atoms with Crippen LogP contribution in [0.3, 0.4) is 0 Å². The van der Waals surface area contributed by atoms with Crippen molar-refractivity contribution in [3.05, 3.63) is 27.2 Å². The first-order valence-corrected chi connectivity index (χ1v) is 7.27. The molecule has 0 fully saturated rings. The number of aryl methyl sites for hydroxylation is 1. The minimum Gasteiger partial charge on any atom is -0.342 e. The molecule has 7 heteroatoms. The predicted octanol–water partition coefficient (Wildman–Crippen LogP) is 1.63. The number of carbonyl (C=O) groups is 1. The number of carbonyl (C=O) groups excluding carboxylic acids is 1. The fourth-order valence-corrected chi connectivity index (χ4v) is 3.50. The number of aromatic nitrogens is 4. The molecule has 2 aromatic rings. The van der Waals surface area contributed by atoms with Gasteiger partial charge in [-0.3, -0.25) is 4.79 Å². The zero-order valence-electron chi connectivity index (χ0n) is 10.6. The summed E-state index contributed by atoms with van der Waals surface area (Å²) in [5.74, 6) is 0.453. The van der Waals surface area contributed by atoms with Crippen molar-refractivity contribution in [2.45, 2.75) is 38.6 Å². The molecule has 0 saturated carbocycles. The zero-order chi connectivity index (χ0) is 13.2. The third kappa shape index (κ3) is 2.37. The van der Waals surface area contributed by atoms with Crippen molar-refractivity contribution in [3.63, 3.8) is 0 Å². The molecule has 0 saturated heterocycles. The largest absolute Gasteiger partial charge is 0.342 e. The Kier molecular flexibility index (Phi) is 3.29. The van der Waals surface area contributed by atoms with E-state index in [0.29, 0.717) is 5.82 Å². The van der Waals surface area contributed by atoms with E-state index in [9.17, 15) is 4.79 Å². The lowest BCUT2D eigenvalue weighted by Crippen LogP contribution is -2.28. The van der Waals surface area contributed by atoms with Crippen LogP contribution in [0.25, 0.3) is 0 Å². The van der Waals surface area contributed by atoms with Crippen LogP contribution in [-0.4, -0.2) is 26.5 Å². The van der Waals surface area contributed by atoms with Crippen LogP contribution in [0.4, 0.5) is 0 Å². The van der Waals surface area contributed by atoms with E-state index < -0.39 is 0 Å². The maximum absolute atomic E-state index is 12.3. The molecule has 0 aromatic carbocycles. The number of aromatic amines is 1. The number of nitrogens with zero attached hydrogens (tertiary/aromatic N) is 3. The van der Waals surface area contributed by atoms with Gasteiger partial charge >= 0.3 is 0 Å². The van der Waals surface area contributed by atoms with Crippen molar-refractivity contribution in [2.75, 3.05) is 0 Å². The number of fused-ring (bicyclic) bond motifs is 1. The second-order valence-electron chi connectivity index (χ2n) is 4.72. The highest BCUT2D eigenvalue weighted by Crippen LogP contribution is 2.30. The summed E-state index contributed by atoms with van der Waals surface area (Å²) in [6.45, 7) is 1.85. The van der Waals surface area contributed by atoms with Gasteiger partial charge in [-0.15, -0.1) is 21.5 Å². The molecule has 2 heterocycles. The summed E-state index contributed by atoms with van der Waals surface area (Å²) < 4.78 is 0. The topological polar surface area (TPSA) is 83.6 Å². The van der Waals surface area contributed by atoms with Gasteiger partial charge in [0.25, 0.3) is 5.91 Å². The highest BCUT2D eigenvalue weighted by atomic mass is 32.1. The van der Waals surface area contributed by atoms with Gasteiger partial charge in [0, 0.05) is 10.3 Å². The van der Waals surface area contributed by atoms with Crippen molar-refractivity contribution in [2.24, 2.45) is 0 Å². The SMILES string of the molecule is CC(NC(=O)c1csc2c1CCCC2)c1nn[nH]n1. The Balaban J connectivity index is 1.75. The van der Waals surface area contributed by atoms with Gasteiger partial charge < -0.3 is 5.32 Å². The monoisotopic (exact) mass is 277 g/mol. The fourth-order valence-electron chi connectivity index (χ4n) is 2.38. The predicted molar refractivity (Wildman–Crippen MR) is 71.0 cm³/mol. The molecule has 6 nitrogen and oxygen atoms in total. The average molecular weight is 277 g/mol.